The zero-order valence-electron chi connectivity index (χ0n) is 15.2. The van der Waals surface area contributed by atoms with Gasteiger partial charge in [-0.3, -0.25) is 0 Å². The Balaban J connectivity index is 1.91. The Morgan fingerprint density at radius 1 is 0.720 bits per heavy atom. The van der Waals surface area contributed by atoms with Crippen LogP contribution < -0.4 is 24.3 Å². The Morgan fingerprint density at radius 3 is 1.88 bits per heavy atom. The van der Waals surface area contributed by atoms with Gasteiger partial charge in [0.15, 0.2) is 23.0 Å². The molecule has 5 nitrogen and oxygen atoms in total. The van der Waals surface area contributed by atoms with Gasteiger partial charge < -0.3 is 24.3 Å². The van der Waals surface area contributed by atoms with Crippen LogP contribution in [0.4, 0.5) is 0 Å². The van der Waals surface area contributed by atoms with Crippen molar-refractivity contribution in [2.45, 2.75) is 20.4 Å². The third-order valence-corrected chi connectivity index (χ3v) is 3.44. The van der Waals surface area contributed by atoms with Crippen molar-refractivity contribution < 1.29 is 18.9 Å². The first-order chi connectivity index (χ1) is 12.3. The Morgan fingerprint density at radius 2 is 1.28 bits per heavy atom. The zero-order chi connectivity index (χ0) is 17.9. The van der Waals surface area contributed by atoms with Gasteiger partial charge in [0.2, 0.25) is 0 Å². The van der Waals surface area contributed by atoms with E-state index in [9.17, 15) is 0 Å². The largest absolute Gasteiger partial charge is 0.490 e. The second-order valence-electron chi connectivity index (χ2n) is 5.32. The Kier molecular flexibility index (Phi) is 7.92. The summed E-state index contributed by atoms with van der Waals surface area (Å²) in [6.45, 7) is 6.75. The maximum atomic E-state index is 5.83. The lowest BCUT2D eigenvalue weighted by Gasteiger charge is -2.15. The Bertz CT molecular complexity index is 645. The predicted molar refractivity (Wildman–Crippen MR) is 99.0 cm³/mol. The molecule has 1 N–H and O–H groups in total. The first-order valence-corrected chi connectivity index (χ1v) is 8.66. The summed E-state index contributed by atoms with van der Waals surface area (Å²) >= 11 is 0. The summed E-state index contributed by atoms with van der Waals surface area (Å²) in [5, 5.41) is 3.13. The summed E-state index contributed by atoms with van der Waals surface area (Å²) in [5.74, 6) is 2.95. The molecule has 136 valence electrons. The van der Waals surface area contributed by atoms with Crippen molar-refractivity contribution in [3.63, 3.8) is 0 Å². The maximum Gasteiger partial charge on any atom is 0.161 e. The zero-order valence-corrected chi connectivity index (χ0v) is 15.2. The fourth-order valence-electron chi connectivity index (χ4n) is 2.40. The molecule has 0 saturated carbocycles. The van der Waals surface area contributed by atoms with E-state index in [4.69, 9.17) is 18.9 Å². The third kappa shape index (κ3) is 5.87. The van der Waals surface area contributed by atoms with Gasteiger partial charge in [0.05, 0.1) is 13.2 Å². The van der Waals surface area contributed by atoms with E-state index in [1.54, 1.807) is 0 Å². The van der Waals surface area contributed by atoms with Crippen LogP contribution >= 0.6 is 0 Å². The Labute approximate surface area is 149 Å². The average Bonchev–Trinajstić information content (AvgIpc) is 2.62. The highest BCUT2D eigenvalue weighted by Crippen LogP contribution is 2.29. The molecular weight excluding hydrogens is 318 g/mol. The SMILES string of the molecule is CCOc1ccccc1OCCOc1ccc(CNC)cc1OCC. The van der Waals surface area contributed by atoms with Gasteiger partial charge in [0.1, 0.15) is 13.2 Å². The maximum absolute atomic E-state index is 5.83. The van der Waals surface area contributed by atoms with E-state index in [-0.39, 0.29) is 0 Å². The molecule has 0 radical (unpaired) electrons. The molecule has 0 unspecified atom stereocenters. The van der Waals surface area contributed by atoms with E-state index in [0.29, 0.717) is 26.4 Å². The van der Waals surface area contributed by atoms with Gasteiger partial charge in [-0.2, -0.15) is 0 Å². The number of nitrogens with one attached hydrogen (secondary N) is 1. The summed E-state index contributed by atoms with van der Waals surface area (Å²) in [7, 11) is 1.92. The highest BCUT2D eigenvalue weighted by atomic mass is 16.6. The molecule has 0 saturated heterocycles. The van der Waals surface area contributed by atoms with Crippen LogP contribution in [0, 0.1) is 0 Å². The van der Waals surface area contributed by atoms with Crippen LogP contribution in [-0.4, -0.2) is 33.5 Å². The van der Waals surface area contributed by atoms with Crippen molar-refractivity contribution in [1.29, 1.82) is 0 Å². The molecule has 0 spiro atoms. The van der Waals surface area contributed by atoms with E-state index in [2.05, 4.69) is 5.32 Å². The summed E-state index contributed by atoms with van der Waals surface area (Å²) < 4.78 is 22.8. The van der Waals surface area contributed by atoms with Crippen LogP contribution in [-0.2, 0) is 6.54 Å². The fraction of sp³-hybridized carbons (Fsp3) is 0.400. The minimum absolute atomic E-state index is 0.423. The first-order valence-electron chi connectivity index (χ1n) is 8.66. The van der Waals surface area contributed by atoms with Crippen LogP contribution in [0.15, 0.2) is 42.5 Å². The van der Waals surface area contributed by atoms with Crippen molar-refractivity contribution in [1.82, 2.24) is 5.32 Å². The molecule has 0 bridgehead atoms. The number of ether oxygens (including phenoxy) is 4. The standard InChI is InChI=1S/C20H27NO4/c1-4-22-17-8-6-7-9-18(17)24-12-13-25-19-11-10-16(15-21-3)14-20(19)23-5-2/h6-11,14,21H,4-5,12-13,15H2,1-3H3. The molecule has 0 aliphatic heterocycles. The molecule has 0 aliphatic rings. The Hall–Kier alpha value is -2.40. The monoisotopic (exact) mass is 345 g/mol. The third-order valence-electron chi connectivity index (χ3n) is 3.44. The van der Waals surface area contributed by atoms with Gasteiger partial charge in [0, 0.05) is 6.54 Å². The lowest BCUT2D eigenvalue weighted by molar-refractivity contribution is 0.201. The van der Waals surface area contributed by atoms with E-state index >= 15 is 0 Å². The van der Waals surface area contributed by atoms with Crippen molar-refractivity contribution in [2.24, 2.45) is 0 Å². The van der Waals surface area contributed by atoms with Crippen LogP contribution in [0.5, 0.6) is 23.0 Å². The number of rotatable bonds is 11. The second-order valence-corrected chi connectivity index (χ2v) is 5.32. The van der Waals surface area contributed by atoms with Crippen molar-refractivity contribution in [3.05, 3.63) is 48.0 Å². The highest BCUT2D eigenvalue weighted by molar-refractivity contribution is 5.43. The average molecular weight is 345 g/mol. The summed E-state index contributed by atoms with van der Waals surface area (Å²) in [5.41, 5.74) is 1.15. The minimum atomic E-state index is 0.423. The van der Waals surface area contributed by atoms with Gasteiger partial charge >= 0.3 is 0 Å². The normalized spacial score (nSPS) is 10.4. The molecule has 5 heteroatoms. The molecule has 2 rings (SSSR count). The van der Waals surface area contributed by atoms with E-state index < -0.39 is 0 Å². The summed E-state index contributed by atoms with van der Waals surface area (Å²) in [4.78, 5) is 0. The lowest BCUT2D eigenvalue weighted by Crippen LogP contribution is -2.11. The van der Waals surface area contributed by atoms with Crippen LogP contribution in [0.25, 0.3) is 0 Å². The molecule has 0 aliphatic carbocycles. The van der Waals surface area contributed by atoms with Gasteiger partial charge in [-0.05, 0) is 50.7 Å². The quantitative estimate of drug-likeness (QED) is 0.630. The molecule has 0 heterocycles. The molecule has 2 aromatic rings. The molecule has 0 amide bonds. The van der Waals surface area contributed by atoms with Crippen molar-refractivity contribution in [3.8, 4) is 23.0 Å². The second kappa shape index (κ2) is 10.5. The van der Waals surface area contributed by atoms with Crippen molar-refractivity contribution >= 4 is 0 Å². The molecule has 0 atom stereocenters. The number of para-hydroxylation sites is 2. The van der Waals surface area contributed by atoms with Gasteiger partial charge in [-0.1, -0.05) is 18.2 Å². The number of hydrogen-bond acceptors (Lipinski definition) is 5. The van der Waals surface area contributed by atoms with Crippen molar-refractivity contribution in [2.75, 3.05) is 33.5 Å². The highest BCUT2D eigenvalue weighted by Gasteiger charge is 2.07. The van der Waals surface area contributed by atoms with E-state index in [0.717, 1.165) is 35.1 Å². The molecule has 0 aromatic heterocycles. The first kappa shape index (κ1) is 18.9. The van der Waals surface area contributed by atoms with Gasteiger partial charge in [-0.15, -0.1) is 0 Å². The molecule has 2 aromatic carbocycles. The van der Waals surface area contributed by atoms with Crippen LogP contribution in [0.3, 0.4) is 0 Å². The van der Waals surface area contributed by atoms with Gasteiger partial charge in [0.25, 0.3) is 0 Å². The van der Waals surface area contributed by atoms with E-state index in [1.165, 1.54) is 0 Å². The summed E-state index contributed by atoms with van der Waals surface area (Å²) in [6, 6.07) is 13.6. The predicted octanol–water partition coefficient (Wildman–Crippen LogP) is 3.66. The number of hydrogen-bond donors (Lipinski definition) is 1. The fourth-order valence-corrected chi connectivity index (χ4v) is 2.40. The number of benzene rings is 2. The summed E-state index contributed by atoms with van der Waals surface area (Å²) in [6.07, 6.45) is 0. The molecule has 0 fully saturated rings. The van der Waals surface area contributed by atoms with Crippen LogP contribution in [0.2, 0.25) is 0 Å². The van der Waals surface area contributed by atoms with Crippen LogP contribution in [0.1, 0.15) is 19.4 Å². The lowest BCUT2D eigenvalue weighted by atomic mass is 10.2. The van der Waals surface area contributed by atoms with Gasteiger partial charge in [-0.25, -0.2) is 0 Å². The smallest absolute Gasteiger partial charge is 0.161 e. The topological polar surface area (TPSA) is 49.0 Å². The molecule has 25 heavy (non-hydrogen) atoms. The van der Waals surface area contributed by atoms with E-state index in [1.807, 2.05) is 63.4 Å². The minimum Gasteiger partial charge on any atom is -0.490 e. The molecular formula is C20H27NO4.